The van der Waals surface area contributed by atoms with Gasteiger partial charge in [-0.1, -0.05) is 11.8 Å². The minimum absolute atomic E-state index is 0.154. The van der Waals surface area contributed by atoms with Crippen molar-refractivity contribution in [2.24, 2.45) is 5.92 Å². The first-order valence-electron chi connectivity index (χ1n) is 4.93. The lowest BCUT2D eigenvalue weighted by molar-refractivity contribution is 0.0549. The second kappa shape index (κ2) is 4.18. The van der Waals surface area contributed by atoms with Crippen LogP contribution in [0, 0.1) is 24.7 Å². The molecule has 0 spiro atoms. The van der Waals surface area contributed by atoms with Crippen molar-refractivity contribution < 1.29 is 9.53 Å². The van der Waals surface area contributed by atoms with E-state index in [4.69, 9.17) is 4.74 Å². The van der Waals surface area contributed by atoms with Gasteiger partial charge >= 0.3 is 5.97 Å². The number of esters is 1. The van der Waals surface area contributed by atoms with E-state index in [9.17, 15) is 4.79 Å². The molecule has 1 N–H and O–H groups in total. The monoisotopic (exact) mass is 204 g/mol. The van der Waals surface area contributed by atoms with Crippen molar-refractivity contribution in [1.82, 2.24) is 10.2 Å². The van der Waals surface area contributed by atoms with Gasteiger partial charge < -0.3 is 4.74 Å². The largest absolute Gasteiger partial charge is 0.448 e. The number of ether oxygens (including phenoxy) is 1. The molecule has 1 saturated carbocycles. The van der Waals surface area contributed by atoms with Gasteiger partial charge in [0.25, 0.3) is 0 Å². The van der Waals surface area contributed by atoms with Crippen molar-refractivity contribution in [3.63, 3.8) is 0 Å². The van der Waals surface area contributed by atoms with Gasteiger partial charge in [-0.2, -0.15) is 5.10 Å². The number of carbonyl (C=O) groups is 1. The van der Waals surface area contributed by atoms with Crippen molar-refractivity contribution in [2.75, 3.05) is 6.61 Å². The number of H-pyrrole nitrogens is 1. The van der Waals surface area contributed by atoms with Gasteiger partial charge in [0.1, 0.15) is 0 Å². The van der Waals surface area contributed by atoms with Crippen LogP contribution in [0.4, 0.5) is 0 Å². The molecule has 0 unspecified atom stereocenters. The standard InChI is InChI=1S/C11H12N2O2/c1-8-7-10(13-12-8)11(14)15-6-2-3-9-4-5-9/h7,9H,4-6H2,1H3,(H,12,13). The number of aromatic nitrogens is 2. The highest BCUT2D eigenvalue weighted by atomic mass is 16.5. The van der Waals surface area contributed by atoms with Crippen LogP contribution >= 0.6 is 0 Å². The van der Waals surface area contributed by atoms with Crippen LogP contribution in [0.15, 0.2) is 6.07 Å². The molecule has 0 atom stereocenters. The van der Waals surface area contributed by atoms with Crippen molar-refractivity contribution in [2.45, 2.75) is 19.8 Å². The van der Waals surface area contributed by atoms with Gasteiger partial charge in [-0.15, -0.1) is 0 Å². The maximum absolute atomic E-state index is 11.3. The Hall–Kier alpha value is -1.76. The van der Waals surface area contributed by atoms with Crippen LogP contribution in [0.25, 0.3) is 0 Å². The molecule has 1 heterocycles. The molecule has 1 fully saturated rings. The number of aryl methyl sites for hydroxylation is 1. The highest BCUT2D eigenvalue weighted by Crippen LogP contribution is 2.27. The second-order valence-electron chi connectivity index (χ2n) is 3.61. The molecular weight excluding hydrogens is 192 g/mol. The summed E-state index contributed by atoms with van der Waals surface area (Å²) in [4.78, 5) is 11.3. The maximum Gasteiger partial charge on any atom is 0.359 e. The Kier molecular flexibility index (Phi) is 2.72. The van der Waals surface area contributed by atoms with Crippen molar-refractivity contribution in [3.05, 3.63) is 17.5 Å². The Labute approximate surface area is 88.0 Å². The quantitative estimate of drug-likeness (QED) is 0.583. The molecular formula is C11H12N2O2. The average Bonchev–Trinajstić information content (AvgIpc) is 2.94. The number of hydrogen-bond acceptors (Lipinski definition) is 3. The van der Waals surface area contributed by atoms with E-state index in [2.05, 4.69) is 22.0 Å². The van der Waals surface area contributed by atoms with Crippen LogP contribution < -0.4 is 0 Å². The number of nitrogens with zero attached hydrogens (tertiary/aromatic N) is 1. The molecule has 0 aromatic carbocycles. The summed E-state index contributed by atoms with van der Waals surface area (Å²) in [6, 6.07) is 1.65. The molecule has 0 aliphatic heterocycles. The average molecular weight is 204 g/mol. The van der Waals surface area contributed by atoms with E-state index < -0.39 is 5.97 Å². The molecule has 1 aliphatic carbocycles. The maximum atomic E-state index is 11.3. The van der Waals surface area contributed by atoms with Gasteiger partial charge in [-0.25, -0.2) is 4.79 Å². The zero-order chi connectivity index (χ0) is 10.7. The van der Waals surface area contributed by atoms with E-state index in [1.54, 1.807) is 6.07 Å². The van der Waals surface area contributed by atoms with Crippen LogP contribution in [0.1, 0.15) is 29.0 Å². The van der Waals surface area contributed by atoms with Gasteiger partial charge in [-0.05, 0) is 25.8 Å². The number of hydrogen-bond donors (Lipinski definition) is 1. The van der Waals surface area contributed by atoms with E-state index in [0.717, 1.165) is 5.69 Å². The topological polar surface area (TPSA) is 55.0 Å². The summed E-state index contributed by atoms with van der Waals surface area (Å²) in [6.07, 6.45) is 2.36. The van der Waals surface area contributed by atoms with E-state index in [-0.39, 0.29) is 6.61 Å². The second-order valence-corrected chi connectivity index (χ2v) is 3.61. The summed E-state index contributed by atoms with van der Waals surface area (Å²) in [5.74, 6) is 5.95. The van der Waals surface area contributed by atoms with E-state index in [1.807, 2.05) is 6.92 Å². The summed E-state index contributed by atoms with van der Waals surface area (Å²) in [5, 5.41) is 6.48. The molecule has 2 rings (SSSR count). The Balaban J connectivity index is 1.79. The zero-order valence-electron chi connectivity index (χ0n) is 8.54. The van der Waals surface area contributed by atoms with Crippen molar-refractivity contribution >= 4 is 5.97 Å². The first-order valence-corrected chi connectivity index (χ1v) is 4.93. The number of rotatable bonds is 2. The van der Waals surface area contributed by atoms with Crippen LogP contribution in [0.3, 0.4) is 0 Å². The molecule has 0 bridgehead atoms. The normalized spacial score (nSPS) is 14.2. The van der Waals surface area contributed by atoms with E-state index in [0.29, 0.717) is 11.6 Å². The fraction of sp³-hybridized carbons (Fsp3) is 0.455. The molecule has 1 aliphatic rings. The summed E-state index contributed by atoms with van der Waals surface area (Å²) in [6.45, 7) is 1.98. The highest BCUT2D eigenvalue weighted by molar-refractivity contribution is 5.87. The van der Waals surface area contributed by atoms with Crippen molar-refractivity contribution in [3.8, 4) is 11.8 Å². The first-order chi connectivity index (χ1) is 7.25. The third kappa shape index (κ3) is 2.84. The Morgan fingerprint density at radius 2 is 2.53 bits per heavy atom. The lowest BCUT2D eigenvalue weighted by Crippen LogP contribution is -2.05. The Morgan fingerprint density at radius 3 is 3.13 bits per heavy atom. The molecule has 1 aromatic heterocycles. The van der Waals surface area contributed by atoms with Gasteiger partial charge in [0.05, 0.1) is 0 Å². The summed E-state index contributed by atoms with van der Waals surface area (Å²) in [7, 11) is 0. The van der Waals surface area contributed by atoms with Gasteiger partial charge in [0.15, 0.2) is 12.3 Å². The Bertz CT molecular complexity index is 421. The van der Waals surface area contributed by atoms with E-state index >= 15 is 0 Å². The number of nitrogens with one attached hydrogen (secondary N) is 1. The Morgan fingerprint density at radius 1 is 1.73 bits per heavy atom. The molecule has 0 saturated heterocycles. The predicted molar refractivity (Wildman–Crippen MR) is 54.1 cm³/mol. The third-order valence-corrected chi connectivity index (χ3v) is 2.07. The molecule has 4 heteroatoms. The summed E-state index contributed by atoms with van der Waals surface area (Å²) >= 11 is 0. The smallest absolute Gasteiger partial charge is 0.359 e. The predicted octanol–water partition coefficient (Wildman–Crippen LogP) is 1.29. The highest BCUT2D eigenvalue weighted by Gasteiger charge is 2.17. The van der Waals surface area contributed by atoms with Crippen LogP contribution in [0.2, 0.25) is 0 Å². The zero-order valence-corrected chi connectivity index (χ0v) is 8.54. The van der Waals surface area contributed by atoms with Gasteiger partial charge in [-0.3, -0.25) is 5.10 Å². The van der Waals surface area contributed by atoms with Crippen LogP contribution in [-0.4, -0.2) is 22.8 Å². The summed E-state index contributed by atoms with van der Waals surface area (Å²) < 4.78 is 4.92. The van der Waals surface area contributed by atoms with Crippen LogP contribution in [0.5, 0.6) is 0 Å². The molecule has 1 aromatic rings. The fourth-order valence-corrected chi connectivity index (χ4v) is 1.11. The van der Waals surface area contributed by atoms with Gasteiger partial charge in [0.2, 0.25) is 0 Å². The molecule has 4 nitrogen and oxygen atoms in total. The first kappa shape index (κ1) is 9.78. The third-order valence-electron chi connectivity index (χ3n) is 2.07. The minimum Gasteiger partial charge on any atom is -0.448 e. The van der Waals surface area contributed by atoms with Crippen molar-refractivity contribution in [1.29, 1.82) is 0 Å². The number of carbonyl (C=O) groups excluding carboxylic acids is 1. The SMILES string of the molecule is Cc1cc(C(=O)OCC#CC2CC2)n[nH]1. The molecule has 0 radical (unpaired) electrons. The lowest BCUT2D eigenvalue weighted by atomic mass is 10.4. The minimum atomic E-state index is -0.426. The fourth-order valence-electron chi connectivity index (χ4n) is 1.11. The lowest BCUT2D eigenvalue weighted by Gasteiger charge is -1.95. The molecule has 0 amide bonds. The van der Waals surface area contributed by atoms with E-state index in [1.165, 1.54) is 12.8 Å². The molecule has 15 heavy (non-hydrogen) atoms. The molecule has 78 valence electrons. The number of aromatic amines is 1. The van der Waals surface area contributed by atoms with Gasteiger partial charge in [0, 0.05) is 11.6 Å². The van der Waals surface area contributed by atoms with Crippen LogP contribution in [-0.2, 0) is 4.74 Å². The summed E-state index contributed by atoms with van der Waals surface area (Å²) in [5.41, 5.74) is 1.15.